The van der Waals surface area contributed by atoms with Crippen LogP contribution in [0, 0.1) is 10.1 Å². The number of nitrogens with zero attached hydrogens (tertiary/aromatic N) is 4. The van der Waals surface area contributed by atoms with Crippen LogP contribution in [0.25, 0.3) is 11.5 Å². The third kappa shape index (κ3) is 4.18. The second-order valence-corrected chi connectivity index (χ2v) is 7.59. The number of para-hydroxylation sites is 1. The van der Waals surface area contributed by atoms with E-state index in [1.54, 1.807) is 41.3 Å². The van der Waals surface area contributed by atoms with Crippen LogP contribution < -0.4 is 0 Å². The van der Waals surface area contributed by atoms with Crippen LogP contribution in [0.15, 0.2) is 52.9 Å². The molecule has 0 unspecified atom stereocenters. The minimum Gasteiger partial charge on any atom is -0.419 e. The fourth-order valence-electron chi connectivity index (χ4n) is 3.72. The van der Waals surface area contributed by atoms with Gasteiger partial charge in [0.25, 0.3) is 11.6 Å². The molecular weight excluding hydrogens is 408 g/mol. The predicted octanol–water partition coefficient (Wildman–Crippen LogP) is 4.88. The summed E-state index contributed by atoms with van der Waals surface area (Å²) < 4.78 is 5.77. The highest BCUT2D eigenvalue weighted by Crippen LogP contribution is 2.29. The molecule has 0 saturated heterocycles. The SMILES string of the molecule is O=C(c1ccccc1[N+](=O)[O-])N(Cc1nnc(-c2ccc(Cl)cc2)o1)C1CCCC1. The van der Waals surface area contributed by atoms with Crippen molar-refractivity contribution in [1.29, 1.82) is 0 Å². The summed E-state index contributed by atoms with van der Waals surface area (Å²) in [5.74, 6) is 0.199. The molecule has 8 nitrogen and oxygen atoms in total. The zero-order chi connectivity index (χ0) is 21.1. The first-order valence-corrected chi connectivity index (χ1v) is 10.0. The quantitative estimate of drug-likeness (QED) is 0.411. The smallest absolute Gasteiger partial charge is 0.282 e. The van der Waals surface area contributed by atoms with Crippen LogP contribution in [0.4, 0.5) is 5.69 Å². The minimum absolute atomic E-state index is 0.0248. The van der Waals surface area contributed by atoms with E-state index >= 15 is 0 Å². The highest BCUT2D eigenvalue weighted by Gasteiger charge is 2.32. The minimum atomic E-state index is -0.536. The molecule has 0 aliphatic heterocycles. The lowest BCUT2D eigenvalue weighted by Gasteiger charge is -2.27. The summed E-state index contributed by atoms with van der Waals surface area (Å²) >= 11 is 5.92. The fraction of sp³-hybridized carbons (Fsp3) is 0.286. The molecule has 2 aromatic carbocycles. The number of amides is 1. The third-order valence-electron chi connectivity index (χ3n) is 5.22. The molecule has 0 atom stereocenters. The molecule has 3 aromatic rings. The number of nitro benzene ring substituents is 1. The molecule has 30 heavy (non-hydrogen) atoms. The van der Waals surface area contributed by atoms with Crippen LogP contribution in [-0.2, 0) is 6.54 Å². The molecule has 0 radical (unpaired) electrons. The molecule has 1 saturated carbocycles. The number of carbonyl (C=O) groups excluding carboxylic acids is 1. The number of rotatable bonds is 6. The van der Waals surface area contributed by atoms with E-state index in [4.69, 9.17) is 16.0 Å². The van der Waals surface area contributed by atoms with Gasteiger partial charge < -0.3 is 9.32 Å². The molecule has 1 fully saturated rings. The molecule has 9 heteroatoms. The molecule has 1 amide bonds. The Morgan fingerprint density at radius 1 is 1.13 bits per heavy atom. The summed E-state index contributed by atoms with van der Waals surface area (Å²) in [7, 11) is 0. The van der Waals surface area contributed by atoms with Gasteiger partial charge in [0.1, 0.15) is 5.56 Å². The van der Waals surface area contributed by atoms with Gasteiger partial charge in [0.15, 0.2) is 0 Å². The topological polar surface area (TPSA) is 102 Å². The van der Waals surface area contributed by atoms with E-state index in [0.29, 0.717) is 10.9 Å². The normalized spacial score (nSPS) is 14.0. The van der Waals surface area contributed by atoms with Crippen molar-refractivity contribution in [3.63, 3.8) is 0 Å². The lowest BCUT2D eigenvalue weighted by molar-refractivity contribution is -0.385. The molecule has 4 rings (SSSR count). The Morgan fingerprint density at radius 2 is 1.83 bits per heavy atom. The first-order valence-electron chi connectivity index (χ1n) is 9.65. The Kier molecular flexibility index (Phi) is 5.76. The highest BCUT2D eigenvalue weighted by molar-refractivity contribution is 6.30. The van der Waals surface area contributed by atoms with Crippen molar-refractivity contribution >= 4 is 23.2 Å². The molecule has 154 valence electrons. The van der Waals surface area contributed by atoms with Crippen molar-refractivity contribution in [2.75, 3.05) is 0 Å². The molecule has 1 heterocycles. The molecule has 0 N–H and O–H groups in total. The molecule has 1 aliphatic carbocycles. The van der Waals surface area contributed by atoms with Crippen LogP contribution in [0.2, 0.25) is 5.02 Å². The van der Waals surface area contributed by atoms with E-state index in [-0.39, 0.29) is 29.7 Å². The standard InChI is InChI=1S/C21H19ClN4O4/c22-15-11-9-14(10-12-15)20-24-23-19(30-20)13-25(16-5-1-2-6-16)21(27)17-7-3-4-8-18(17)26(28)29/h3-4,7-12,16H,1-2,5-6,13H2. The summed E-state index contributed by atoms with van der Waals surface area (Å²) in [6, 6.07) is 13.0. The van der Waals surface area contributed by atoms with Gasteiger partial charge in [-0.15, -0.1) is 10.2 Å². The largest absolute Gasteiger partial charge is 0.419 e. The van der Waals surface area contributed by atoms with Crippen molar-refractivity contribution in [1.82, 2.24) is 15.1 Å². The molecule has 1 aromatic heterocycles. The average Bonchev–Trinajstić information content (AvgIpc) is 3.44. The second kappa shape index (κ2) is 8.62. The lowest BCUT2D eigenvalue weighted by atomic mass is 10.1. The van der Waals surface area contributed by atoms with E-state index in [1.165, 1.54) is 12.1 Å². The van der Waals surface area contributed by atoms with E-state index in [1.807, 2.05) is 0 Å². The zero-order valence-corrected chi connectivity index (χ0v) is 16.8. The van der Waals surface area contributed by atoms with Crippen LogP contribution in [0.1, 0.15) is 41.9 Å². The number of hydrogen-bond acceptors (Lipinski definition) is 6. The Balaban J connectivity index is 1.62. The molecule has 1 aliphatic rings. The van der Waals surface area contributed by atoms with E-state index in [2.05, 4.69) is 10.2 Å². The monoisotopic (exact) mass is 426 g/mol. The Hall–Kier alpha value is -3.26. The number of carbonyl (C=O) groups is 1. The maximum Gasteiger partial charge on any atom is 0.282 e. The Bertz CT molecular complexity index is 1060. The third-order valence-corrected chi connectivity index (χ3v) is 5.47. The predicted molar refractivity (Wildman–Crippen MR) is 110 cm³/mol. The number of halogens is 1. The summed E-state index contributed by atoms with van der Waals surface area (Å²) in [5, 5.41) is 20.1. The van der Waals surface area contributed by atoms with Crippen molar-refractivity contribution in [2.24, 2.45) is 0 Å². The van der Waals surface area contributed by atoms with Crippen LogP contribution in [0.3, 0.4) is 0 Å². The van der Waals surface area contributed by atoms with Crippen LogP contribution in [-0.4, -0.2) is 32.0 Å². The van der Waals surface area contributed by atoms with E-state index in [9.17, 15) is 14.9 Å². The van der Waals surface area contributed by atoms with E-state index < -0.39 is 10.8 Å². The summed E-state index contributed by atoms with van der Waals surface area (Å²) in [5.41, 5.74) is 0.570. The van der Waals surface area contributed by atoms with E-state index in [0.717, 1.165) is 31.2 Å². The summed E-state index contributed by atoms with van der Waals surface area (Å²) in [6.45, 7) is 0.0934. The van der Waals surface area contributed by atoms with Gasteiger partial charge in [-0.25, -0.2) is 0 Å². The highest BCUT2D eigenvalue weighted by atomic mass is 35.5. The van der Waals surface area contributed by atoms with Crippen molar-refractivity contribution in [2.45, 2.75) is 38.3 Å². The van der Waals surface area contributed by atoms with Crippen molar-refractivity contribution in [3.05, 3.63) is 75.1 Å². The lowest BCUT2D eigenvalue weighted by Crippen LogP contribution is -2.38. The maximum atomic E-state index is 13.3. The number of aromatic nitrogens is 2. The van der Waals surface area contributed by atoms with Crippen LogP contribution >= 0.6 is 11.6 Å². The van der Waals surface area contributed by atoms with Gasteiger partial charge in [0.2, 0.25) is 11.8 Å². The number of benzene rings is 2. The molecule has 0 bridgehead atoms. The van der Waals surface area contributed by atoms with Gasteiger partial charge in [-0.1, -0.05) is 36.6 Å². The van der Waals surface area contributed by atoms with Gasteiger partial charge >= 0.3 is 0 Å². The van der Waals surface area contributed by atoms with Gasteiger partial charge in [-0.3, -0.25) is 14.9 Å². The van der Waals surface area contributed by atoms with Crippen molar-refractivity contribution < 1.29 is 14.1 Å². The maximum absolute atomic E-state index is 13.3. The Morgan fingerprint density at radius 3 is 2.53 bits per heavy atom. The van der Waals surface area contributed by atoms with Gasteiger partial charge in [-0.05, 0) is 43.2 Å². The fourth-order valence-corrected chi connectivity index (χ4v) is 3.85. The first kappa shape index (κ1) is 20.0. The Labute approximate surface area is 177 Å². The van der Waals surface area contributed by atoms with Crippen LogP contribution in [0.5, 0.6) is 0 Å². The number of nitro groups is 1. The second-order valence-electron chi connectivity index (χ2n) is 7.15. The molecule has 0 spiro atoms. The summed E-state index contributed by atoms with van der Waals surface area (Å²) in [4.78, 5) is 25.8. The van der Waals surface area contributed by atoms with Crippen molar-refractivity contribution in [3.8, 4) is 11.5 Å². The summed E-state index contributed by atoms with van der Waals surface area (Å²) in [6.07, 6.45) is 3.69. The zero-order valence-electron chi connectivity index (χ0n) is 16.0. The van der Waals surface area contributed by atoms with Gasteiger partial charge in [0.05, 0.1) is 11.5 Å². The average molecular weight is 427 g/mol. The van der Waals surface area contributed by atoms with Gasteiger partial charge in [0, 0.05) is 22.7 Å². The van der Waals surface area contributed by atoms with Gasteiger partial charge in [-0.2, -0.15) is 0 Å². The molecular formula is C21H19ClN4O4. The first-order chi connectivity index (χ1) is 14.5. The number of hydrogen-bond donors (Lipinski definition) is 0.